The molecule has 1 aromatic carbocycles. The fourth-order valence-corrected chi connectivity index (χ4v) is 2.12. The number of aliphatic hydroxyl groups is 1. The topological polar surface area (TPSA) is 32.7 Å². The van der Waals surface area contributed by atoms with Gasteiger partial charge in [0.25, 0.3) is 0 Å². The van der Waals surface area contributed by atoms with Crippen molar-refractivity contribution >= 4 is 0 Å². The Morgan fingerprint density at radius 1 is 1.19 bits per heavy atom. The number of hydrogen-bond donors (Lipinski definition) is 1. The molecule has 0 radical (unpaired) electrons. The van der Waals surface area contributed by atoms with E-state index in [0.717, 1.165) is 12.0 Å². The predicted octanol–water partition coefficient (Wildman–Crippen LogP) is 3.22. The first-order valence-corrected chi connectivity index (χ1v) is 6.78. The highest BCUT2D eigenvalue weighted by atomic mass is 19.4. The van der Waals surface area contributed by atoms with E-state index in [9.17, 15) is 18.3 Å². The van der Waals surface area contributed by atoms with E-state index in [-0.39, 0.29) is 11.3 Å². The van der Waals surface area contributed by atoms with Gasteiger partial charge in [-0.1, -0.05) is 19.1 Å². The lowest BCUT2D eigenvalue weighted by Crippen LogP contribution is -2.51. The van der Waals surface area contributed by atoms with Crippen LogP contribution in [0.4, 0.5) is 13.2 Å². The van der Waals surface area contributed by atoms with E-state index in [1.807, 2.05) is 32.8 Å². The van der Waals surface area contributed by atoms with Gasteiger partial charge in [-0.2, -0.15) is 0 Å². The Morgan fingerprint density at radius 3 is 2.10 bits per heavy atom. The van der Waals surface area contributed by atoms with Crippen LogP contribution in [0.5, 0.6) is 5.75 Å². The monoisotopic (exact) mass is 305 g/mol. The van der Waals surface area contributed by atoms with Crippen molar-refractivity contribution in [3.05, 3.63) is 29.8 Å². The van der Waals surface area contributed by atoms with Crippen LogP contribution in [0.1, 0.15) is 25.8 Å². The van der Waals surface area contributed by atoms with Crippen LogP contribution < -0.4 is 4.74 Å². The number of likely N-dealkylation sites (N-methyl/N-ethyl adjacent to an activating group) is 1. The smallest absolute Gasteiger partial charge is 0.406 e. The Balaban J connectivity index is 2.76. The molecule has 6 heteroatoms. The summed E-state index contributed by atoms with van der Waals surface area (Å²) < 4.78 is 40.0. The first-order valence-electron chi connectivity index (χ1n) is 6.78. The summed E-state index contributed by atoms with van der Waals surface area (Å²) in [6.45, 7) is 3.95. The van der Waals surface area contributed by atoms with E-state index in [2.05, 4.69) is 4.74 Å². The average Bonchev–Trinajstić information content (AvgIpc) is 2.38. The summed E-state index contributed by atoms with van der Waals surface area (Å²) in [7, 11) is 3.79. The Morgan fingerprint density at radius 2 is 1.71 bits per heavy atom. The molecule has 0 amide bonds. The first kappa shape index (κ1) is 17.8. The quantitative estimate of drug-likeness (QED) is 0.876. The molecule has 1 N–H and O–H groups in total. The standard InChI is InChI=1S/C15H22F3NO2/c1-5-14(2,19(3)4)13(20)10-11-6-8-12(9-7-11)21-15(16,17)18/h6-9,13,20H,5,10H2,1-4H3. The molecule has 1 rings (SSSR count). The molecule has 0 aliphatic carbocycles. The highest BCUT2D eigenvalue weighted by Gasteiger charge is 2.33. The molecule has 0 bridgehead atoms. The van der Waals surface area contributed by atoms with Gasteiger partial charge in [0.2, 0.25) is 0 Å². The van der Waals surface area contributed by atoms with Crippen LogP contribution in [0, 0.1) is 0 Å². The van der Waals surface area contributed by atoms with Crippen molar-refractivity contribution in [2.45, 2.75) is 44.7 Å². The van der Waals surface area contributed by atoms with E-state index < -0.39 is 12.5 Å². The van der Waals surface area contributed by atoms with E-state index in [1.165, 1.54) is 24.3 Å². The number of halogens is 3. The second-order valence-electron chi connectivity index (χ2n) is 5.52. The van der Waals surface area contributed by atoms with Gasteiger partial charge in [0.05, 0.1) is 6.10 Å². The number of alkyl halides is 3. The summed E-state index contributed by atoms with van der Waals surface area (Å²) >= 11 is 0. The van der Waals surface area contributed by atoms with Crippen molar-refractivity contribution in [2.75, 3.05) is 14.1 Å². The molecule has 0 spiro atoms. The van der Waals surface area contributed by atoms with Gasteiger partial charge in [-0.15, -0.1) is 13.2 Å². The minimum absolute atomic E-state index is 0.258. The Hall–Kier alpha value is -1.27. The summed E-state index contributed by atoms with van der Waals surface area (Å²) in [5.74, 6) is -0.258. The molecule has 2 atom stereocenters. The fourth-order valence-electron chi connectivity index (χ4n) is 2.12. The van der Waals surface area contributed by atoms with Gasteiger partial charge in [0.1, 0.15) is 5.75 Å². The molecule has 21 heavy (non-hydrogen) atoms. The summed E-state index contributed by atoms with van der Waals surface area (Å²) in [6, 6.07) is 5.59. The van der Waals surface area contributed by atoms with Crippen LogP contribution in [0.3, 0.4) is 0 Å². The van der Waals surface area contributed by atoms with Crippen LogP contribution in [-0.4, -0.2) is 42.1 Å². The predicted molar refractivity (Wildman–Crippen MR) is 75.2 cm³/mol. The van der Waals surface area contributed by atoms with Gasteiger partial charge < -0.3 is 14.7 Å². The second-order valence-corrected chi connectivity index (χ2v) is 5.52. The third-order valence-corrected chi connectivity index (χ3v) is 4.04. The lowest BCUT2D eigenvalue weighted by atomic mass is 9.86. The molecule has 3 nitrogen and oxygen atoms in total. The number of benzene rings is 1. The largest absolute Gasteiger partial charge is 0.573 e. The first-order chi connectivity index (χ1) is 9.58. The number of aliphatic hydroxyl groups excluding tert-OH is 1. The van der Waals surface area contributed by atoms with Crippen LogP contribution in [0.15, 0.2) is 24.3 Å². The lowest BCUT2D eigenvalue weighted by Gasteiger charge is -2.40. The minimum atomic E-state index is -4.69. The van der Waals surface area contributed by atoms with Crippen molar-refractivity contribution in [1.82, 2.24) is 4.90 Å². The van der Waals surface area contributed by atoms with Crippen molar-refractivity contribution in [1.29, 1.82) is 0 Å². The van der Waals surface area contributed by atoms with Gasteiger partial charge in [-0.3, -0.25) is 0 Å². The van der Waals surface area contributed by atoms with Crippen LogP contribution in [0.25, 0.3) is 0 Å². The molecular formula is C15H22F3NO2. The second kappa shape index (κ2) is 6.66. The Bertz CT molecular complexity index is 445. The maximum Gasteiger partial charge on any atom is 0.573 e. The third-order valence-electron chi connectivity index (χ3n) is 4.04. The van der Waals surface area contributed by atoms with Crippen molar-refractivity contribution in [3.63, 3.8) is 0 Å². The number of ether oxygens (including phenoxy) is 1. The van der Waals surface area contributed by atoms with Crippen molar-refractivity contribution < 1.29 is 23.0 Å². The summed E-state index contributed by atoms with van der Waals surface area (Å²) in [4.78, 5) is 1.96. The van der Waals surface area contributed by atoms with Gasteiger partial charge in [0, 0.05) is 12.0 Å². The van der Waals surface area contributed by atoms with Crippen LogP contribution in [0.2, 0.25) is 0 Å². The van der Waals surface area contributed by atoms with E-state index in [4.69, 9.17) is 0 Å². The Labute approximate surface area is 123 Å². The summed E-state index contributed by atoms with van der Waals surface area (Å²) in [5, 5.41) is 10.4. The van der Waals surface area contributed by atoms with E-state index in [0.29, 0.717) is 6.42 Å². The van der Waals surface area contributed by atoms with E-state index >= 15 is 0 Å². The summed E-state index contributed by atoms with van der Waals surface area (Å²) in [6.07, 6.45) is -4.18. The fraction of sp³-hybridized carbons (Fsp3) is 0.600. The summed E-state index contributed by atoms with van der Waals surface area (Å²) in [5.41, 5.74) is 0.375. The van der Waals surface area contributed by atoms with Gasteiger partial charge in [-0.05, 0) is 45.1 Å². The van der Waals surface area contributed by atoms with Crippen molar-refractivity contribution in [2.24, 2.45) is 0 Å². The Kier molecular flexibility index (Phi) is 5.64. The molecule has 0 aromatic heterocycles. The zero-order chi connectivity index (χ0) is 16.3. The zero-order valence-corrected chi connectivity index (χ0v) is 12.7. The van der Waals surface area contributed by atoms with Crippen LogP contribution in [-0.2, 0) is 6.42 Å². The van der Waals surface area contributed by atoms with Crippen LogP contribution >= 0.6 is 0 Å². The highest BCUT2D eigenvalue weighted by Crippen LogP contribution is 2.26. The van der Waals surface area contributed by atoms with Gasteiger partial charge in [0.15, 0.2) is 0 Å². The molecular weight excluding hydrogens is 283 g/mol. The highest BCUT2D eigenvalue weighted by molar-refractivity contribution is 5.28. The molecule has 0 aliphatic rings. The molecule has 0 heterocycles. The number of rotatable bonds is 6. The minimum Gasteiger partial charge on any atom is -0.406 e. The van der Waals surface area contributed by atoms with Gasteiger partial charge in [-0.25, -0.2) is 0 Å². The molecule has 0 fully saturated rings. The zero-order valence-electron chi connectivity index (χ0n) is 12.7. The molecule has 0 saturated heterocycles. The molecule has 2 unspecified atom stereocenters. The third kappa shape index (κ3) is 4.89. The maximum atomic E-state index is 12.1. The SMILES string of the molecule is CCC(C)(C(O)Cc1ccc(OC(F)(F)F)cc1)N(C)C. The molecule has 1 aromatic rings. The number of hydrogen-bond acceptors (Lipinski definition) is 3. The maximum absolute atomic E-state index is 12.1. The molecule has 0 saturated carbocycles. The average molecular weight is 305 g/mol. The number of nitrogens with zero attached hydrogens (tertiary/aromatic N) is 1. The van der Waals surface area contributed by atoms with E-state index in [1.54, 1.807) is 0 Å². The lowest BCUT2D eigenvalue weighted by molar-refractivity contribution is -0.274. The normalized spacial score (nSPS) is 16.6. The molecule has 120 valence electrons. The molecule has 0 aliphatic heterocycles. The van der Waals surface area contributed by atoms with Gasteiger partial charge >= 0.3 is 6.36 Å². The van der Waals surface area contributed by atoms with Crippen molar-refractivity contribution in [3.8, 4) is 5.75 Å².